The van der Waals surface area contributed by atoms with Crippen LogP contribution in [-0.4, -0.2) is 43.8 Å². The van der Waals surface area contributed by atoms with Crippen molar-refractivity contribution in [2.45, 2.75) is 69.0 Å². The van der Waals surface area contributed by atoms with Crippen LogP contribution in [0, 0.1) is 6.92 Å². The maximum absolute atomic E-state index is 14.7. The lowest BCUT2D eigenvalue weighted by Crippen LogP contribution is -2.55. The Kier molecular flexibility index (Phi) is 12.1. The molecule has 1 saturated carbocycles. The van der Waals surface area contributed by atoms with Crippen LogP contribution in [0.2, 0.25) is 15.1 Å². The van der Waals surface area contributed by atoms with Crippen LogP contribution in [0.15, 0.2) is 102 Å². The summed E-state index contributed by atoms with van der Waals surface area (Å²) in [6.45, 7) is 1.26. The predicted molar refractivity (Wildman–Crippen MR) is 193 cm³/mol. The number of aryl methyl sites for hydroxylation is 1. The van der Waals surface area contributed by atoms with E-state index in [1.54, 1.807) is 30.3 Å². The monoisotopic (exact) mass is 725 g/mol. The molecule has 11 heteroatoms. The maximum Gasteiger partial charge on any atom is 0.264 e. The van der Waals surface area contributed by atoms with Gasteiger partial charge in [0, 0.05) is 34.1 Å². The number of benzene rings is 4. The molecule has 0 heterocycles. The summed E-state index contributed by atoms with van der Waals surface area (Å²) >= 11 is 19.0. The van der Waals surface area contributed by atoms with Crippen molar-refractivity contribution in [3.63, 3.8) is 0 Å². The highest BCUT2D eigenvalue weighted by atomic mass is 35.5. The van der Waals surface area contributed by atoms with Gasteiger partial charge in [-0.15, -0.1) is 0 Å². The fourth-order valence-corrected chi connectivity index (χ4v) is 8.11. The molecule has 1 fully saturated rings. The first-order chi connectivity index (χ1) is 23.0. The van der Waals surface area contributed by atoms with Crippen LogP contribution in [0.4, 0.5) is 5.69 Å². The highest BCUT2D eigenvalue weighted by Gasteiger charge is 2.35. The van der Waals surface area contributed by atoms with Crippen LogP contribution in [0.3, 0.4) is 0 Å². The van der Waals surface area contributed by atoms with Gasteiger partial charge in [0.25, 0.3) is 10.0 Å². The van der Waals surface area contributed by atoms with Crippen molar-refractivity contribution in [1.82, 2.24) is 10.2 Å². The second-order valence-corrected chi connectivity index (χ2v) is 15.3. The van der Waals surface area contributed by atoms with Gasteiger partial charge >= 0.3 is 0 Å². The average Bonchev–Trinajstić information content (AvgIpc) is 3.05. The van der Waals surface area contributed by atoms with Crippen LogP contribution >= 0.6 is 34.8 Å². The van der Waals surface area contributed by atoms with Gasteiger partial charge in [-0.1, -0.05) is 114 Å². The number of anilines is 1. The molecule has 0 aromatic heterocycles. The van der Waals surface area contributed by atoms with Crippen LogP contribution < -0.4 is 9.62 Å². The Bertz CT molecular complexity index is 1810. The number of rotatable bonds is 12. The molecule has 7 nitrogen and oxygen atoms in total. The molecule has 0 unspecified atom stereocenters. The summed E-state index contributed by atoms with van der Waals surface area (Å²) < 4.78 is 29.5. The average molecular weight is 727 g/mol. The summed E-state index contributed by atoms with van der Waals surface area (Å²) in [6, 6.07) is 26.3. The molecule has 0 aliphatic heterocycles. The lowest BCUT2D eigenvalue weighted by Gasteiger charge is -2.35. The Hall–Kier alpha value is -3.56. The third-order valence-corrected chi connectivity index (χ3v) is 10.9. The van der Waals surface area contributed by atoms with Crippen molar-refractivity contribution >= 4 is 62.3 Å². The zero-order valence-electron chi connectivity index (χ0n) is 26.6. The molecule has 0 radical (unpaired) electrons. The largest absolute Gasteiger partial charge is 0.352 e. The quantitative estimate of drug-likeness (QED) is 0.159. The zero-order chi connectivity index (χ0) is 34.3. The topological polar surface area (TPSA) is 86.8 Å². The summed E-state index contributed by atoms with van der Waals surface area (Å²) in [5.41, 5.74) is 2.55. The molecule has 4 aromatic rings. The molecule has 2 amide bonds. The van der Waals surface area contributed by atoms with Crippen LogP contribution in [0.1, 0.15) is 48.8 Å². The Morgan fingerprint density at radius 1 is 0.792 bits per heavy atom. The summed E-state index contributed by atoms with van der Waals surface area (Å²) in [5, 5.41) is 4.10. The number of nitrogens with one attached hydrogen (secondary N) is 1. The summed E-state index contributed by atoms with van der Waals surface area (Å²) in [4.78, 5) is 30.4. The highest BCUT2D eigenvalue weighted by Crippen LogP contribution is 2.31. The number of carbonyl (C=O) groups excluding carboxylic acids is 2. The van der Waals surface area contributed by atoms with Gasteiger partial charge in [-0.3, -0.25) is 13.9 Å². The van der Waals surface area contributed by atoms with Crippen molar-refractivity contribution in [1.29, 1.82) is 0 Å². The van der Waals surface area contributed by atoms with E-state index in [1.807, 2.05) is 43.3 Å². The molecule has 1 N–H and O–H groups in total. The van der Waals surface area contributed by atoms with Gasteiger partial charge in [0.1, 0.15) is 12.6 Å². The molecule has 0 spiro atoms. The Balaban J connectivity index is 1.58. The fourth-order valence-electron chi connectivity index (χ4n) is 5.98. The fraction of sp³-hybridized carbons (Fsp3) is 0.297. The molecular formula is C37H38Cl3N3O4S. The number of nitrogens with zero attached hydrogens (tertiary/aromatic N) is 2. The second kappa shape index (κ2) is 16.2. The second-order valence-electron chi connectivity index (χ2n) is 12.2. The third-order valence-electron chi connectivity index (χ3n) is 8.49. The van der Waals surface area contributed by atoms with E-state index in [-0.39, 0.29) is 45.5 Å². The SMILES string of the molecule is Cc1ccc(S(=O)(=O)N(CC(=O)N(Cc2cccc(Cl)c2)[C@H](Cc2ccccc2)C(=O)NC2CCCCC2)c2cc(Cl)cc(Cl)c2)cc1. The third kappa shape index (κ3) is 9.32. The van der Waals surface area contributed by atoms with Gasteiger partial charge in [0.2, 0.25) is 11.8 Å². The summed E-state index contributed by atoms with van der Waals surface area (Å²) in [7, 11) is -4.29. The molecule has 252 valence electrons. The minimum atomic E-state index is -4.29. The number of hydrogen-bond acceptors (Lipinski definition) is 4. The van der Waals surface area contributed by atoms with Crippen LogP contribution in [-0.2, 0) is 32.6 Å². The predicted octanol–water partition coefficient (Wildman–Crippen LogP) is 8.24. The molecule has 4 aromatic carbocycles. The van der Waals surface area contributed by atoms with E-state index >= 15 is 0 Å². The van der Waals surface area contributed by atoms with E-state index in [0.29, 0.717) is 10.6 Å². The standard InChI is InChI=1S/C37H38Cl3N3O4S/c1-26-15-17-34(18-16-26)48(46,47)43(33-22-30(39)21-31(40)23-33)25-36(44)42(24-28-11-8-12-29(38)19-28)35(20-27-9-4-2-5-10-27)37(45)41-32-13-6-3-7-14-32/h2,4-5,8-12,15-19,21-23,32,35H,3,6-7,13-14,20,24-25H2,1H3,(H,41,45)/t35-/m1/s1. The molecule has 1 atom stereocenters. The first-order valence-electron chi connectivity index (χ1n) is 15.9. The Labute approximate surface area is 297 Å². The van der Waals surface area contributed by atoms with Gasteiger partial charge < -0.3 is 10.2 Å². The Morgan fingerprint density at radius 2 is 1.44 bits per heavy atom. The molecule has 0 saturated heterocycles. The molecule has 1 aliphatic carbocycles. The van der Waals surface area contributed by atoms with E-state index in [1.165, 1.54) is 35.2 Å². The lowest BCUT2D eigenvalue weighted by molar-refractivity contribution is -0.140. The van der Waals surface area contributed by atoms with E-state index in [0.717, 1.165) is 47.5 Å². The maximum atomic E-state index is 14.7. The first-order valence-corrected chi connectivity index (χ1v) is 18.5. The van der Waals surface area contributed by atoms with Crippen molar-refractivity contribution < 1.29 is 18.0 Å². The van der Waals surface area contributed by atoms with E-state index in [4.69, 9.17) is 34.8 Å². The van der Waals surface area contributed by atoms with E-state index in [9.17, 15) is 18.0 Å². The van der Waals surface area contributed by atoms with Crippen LogP contribution in [0.5, 0.6) is 0 Å². The minimum absolute atomic E-state index is 0.000314. The van der Waals surface area contributed by atoms with Crippen molar-refractivity contribution in [2.75, 3.05) is 10.8 Å². The molecular weight excluding hydrogens is 689 g/mol. The molecule has 48 heavy (non-hydrogen) atoms. The van der Waals surface area contributed by atoms with Gasteiger partial charge in [-0.25, -0.2) is 8.42 Å². The van der Waals surface area contributed by atoms with E-state index in [2.05, 4.69) is 5.32 Å². The van der Waals surface area contributed by atoms with Crippen LogP contribution in [0.25, 0.3) is 0 Å². The van der Waals surface area contributed by atoms with Gasteiger partial charge in [0.05, 0.1) is 10.6 Å². The van der Waals surface area contributed by atoms with Gasteiger partial charge in [0.15, 0.2) is 0 Å². The lowest BCUT2D eigenvalue weighted by atomic mass is 9.94. The smallest absolute Gasteiger partial charge is 0.264 e. The first kappa shape index (κ1) is 35.7. The number of hydrogen-bond donors (Lipinski definition) is 1. The van der Waals surface area contributed by atoms with Gasteiger partial charge in [-0.05, 0) is 73.4 Å². The minimum Gasteiger partial charge on any atom is -0.352 e. The van der Waals surface area contributed by atoms with E-state index < -0.39 is 28.5 Å². The molecule has 5 rings (SSSR count). The van der Waals surface area contributed by atoms with Crippen molar-refractivity contribution in [2.24, 2.45) is 0 Å². The van der Waals surface area contributed by atoms with Crippen molar-refractivity contribution in [3.8, 4) is 0 Å². The molecule has 1 aliphatic rings. The van der Waals surface area contributed by atoms with Crippen molar-refractivity contribution in [3.05, 3.63) is 129 Å². The number of halogens is 3. The number of amides is 2. The summed E-state index contributed by atoms with van der Waals surface area (Å²) in [6.07, 6.45) is 5.12. The molecule has 0 bridgehead atoms. The summed E-state index contributed by atoms with van der Waals surface area (Å²) in [5.74, 6) is -0.874. The Morgan fingerprint density at radius 3 is 2.08 bits per heavy atom. The van der Waals surface area contributed by atoms with Gasteiger partial charge in [-0.2, -0.15) is 0 Å². The normalized spacial score (nSPS) is 14.2. The number of carbonyl (C=O) groups is 2. The number of sulfonamides is 1. The highest BCUT2D eigenvalue weighted by molar-refractivity contribution is 7.92. The zero-order valence-corrected chi connectivity index (χ0v) is 29.7.